The minimum absolute atomic E-state index is 0.0747. The Morgan fingerprint density at radius 2 is 1.86 bits per heavy atom. The smallest absolute Gasteiger partial charge is 0.319 e. The number of nitrogens with zero attached hydrogens (tertiary/aromatic N) is 1. The van der Waals surface area contributed by atoms with Gasteiger partial charge in [0.25, 0.3) is 0 Å². The van der Waals surface area contributed by atoms with E-state index in [0.717, 1.165) is 11.8 Å². The van der Waals surface area contributed by atoms with Crippen LogP contribution in [0.1, 0.15) is 11.5 Å². The van der Waals surface area contributed by atoms with Gasteiger partial charge in [-0.1, -0.05) is 17.8 Å². The zero-order chi connectivity index (χ0) is 25.5. The van der Waals surface area contributed by atoms with Gasteiger partial charge in [0.1, 0.15) is 17.4 Å². The Hall–Kier alpha value is -3.49. The monoisotopic (exact) mass is 559 g/mol. The van der Waals surface area contributed by atoms with E-state index in [4.69, 9.17) is 14.2 Å². The fourth-order valence-electron chi connectivity index (χ4n) is 3.56. The summed E-state index contributed by atoms with van der Waals surface area (Å²) in [7, 11) is 4.24. The molecule has 0 unspecified atom stereocenters. The molecule has 1 aliphatic heterocycles. The van der Waals surface area contributed by atoms with Crippen molar-refractivity contribution in [3.63, 3.8) is 0 Å². The summed E-state index contributed by atoms with van der Waals surface area (Å²) in [6.07, 6.45) is 0. The van der Waals surface area contributed by atoms with Crippen LogP contribution in [-0.4, -0.2) is 44.9 Å². The molecule has 182 valence electrons. The number of halogens is 1. The number of methoxy groups -OCH3 is 3. The Bertz CT molecular complexity index is 1210. The average Bonchev–Trinajstić information content (AvgIpc) is 2.86. The van der Waals surface area contributed by atoms with Crippen molar-refractivity contribution in [3.05, 3.63) is 63.1 Å². The summed E-state index contributed by atoms with van der Waals surface area (Å²) in [5.41, 5.74) is 1.27. The van der Waals surface area contributed by atoms with Gasteiger partial charge in [0.15, 0.2) is 0 Å². The second-order valence-corrected chi connectivity index (χ2v) is 9.12. The molecule has 1 heterocycles. The first-order valence-corrected chi connectivity index (χ1v) is 12.0. The number of nitrogens with one attached hydrogen (secondary N) is 2. The molecule has 35 heavy (non-hydrogen) atoms. The highest BCUT2D eigenvalue weighted by molar-refractivity contribution is 9.10. The molecule has 2 aromatic carbocycles. The molecule has 0 radical (unpaired) electrons. The number of hydrogen-bond acceptors (Lipinski definition) is 8. The molecule has 2 N–H and O–H groups in total. The van der Waals surface area contributed by atoms with Gasteiger partial charge in [0, 0.05) is 11.6 Å². The van der Waals surface area contributed by atoms with Crippen LogP contribution < -0.4 is 20.1 Å². The molecule has 2 atom stereocenters. The predicted molar refractivity (Wildman–Crippen MR) is 134 cm³/mol. The molecule has 0 aliphatic carbocycles. The van der Waals surface area contributed by atoms with Crippen LogP contribution in [0, 0.1) is 17.2 Å². The quantitative estimate of drug-likeness (QED) is 0.371. The van der Waals surface area contributed by atoms with E-state index in [1.165, 1.54) is 14.2 Å². The lowest BCUT2D eigenvalue weighted by Crippen LogP contribution is -2.44. The number of ether oxygens (including phenoxy) is 3. The number of esters is 1. The number of carbonyl (C=O) groups is 3. The third kappa shape index (κ3) is 5.96. The van der Waals surface area contributed by atoms with Crippen molar-refractivity contribution < 1.29 is 28.6 Å². The number of anilines is 1. The van der Waals surface area contributed by atoms with E-state index in [2.05, 4.69) is 32.6 Å². The summed E-state index contributed by atoms with van der Waals surface area (Å²) in [6, 6.07) is 14.0. The second-order valence-electron chi connectivity index (χ2n) is 7.28. The average molecular weight is 560 g/mol. The lowest BCUT2D eigenvalue weighted by Gasteiger charge is -2.31. The normalized spacial score (nSPS) is 17.2. The lowest BCUT2D eigenvalue weighted by atomic mass is 9.78. The minimum atomic E-state index is -1.27. The number of carbonyl (C=O) groups excluding carboxylic acids is 3. The molecule has 2 aromatic rings. The van der Waals surface area contributed by atoms with E-state index in [1.54, 1.807) is 49.6 Å². The third-order valence-corrected chi connectivity index (χ3v) is 6.88. The van der Waals surface area contributed by atoms with Crippen molar-refractivity contribution in [1.29, 1.82) is 5.26 Å². The van der Waals surface area contributed by atoms with Crippen LogP contribution in [0.15, 0.2) is 57.5 Å². The lowest BCUT2D eigenvalue weighted by molar-refractivity contribution is -0.150. The summed E-state index contributed by atoms with van der Waals surface area (Å²) in [5.74, 6) is -2.77. The molecule has 0 saturated heterocycles. The zero-order valence-corrected chi connectivity index (χ0v) is 21.5. The van der Waals surface area contributed by atoms with Crippen molar-refractivity contribution in [2.24, 2.45) is 5.92 Å². The van der Waals surface area contributed by atoms with Crippen molar-refractivity contribution in [2.75, 3.05) is 32.4 Å². The fourth-order valence-corrected chi connectivity index (χ4v) is 4.97. The topological polar surface area (TPSA) is 127 Å². The Kier molecular flexibility index (Phi) is 8.78. The number of thioether (sulfide) groups is 1. The SMILES string of the molecule is COC(=O)[C@H]1C(=O)NC(SCC(=O)Nc2ccc(OC)cc2)=C(C#N)[C@@H]1c1ccc(OC)c(Br)c1. The van der Waals surface area contributed by atoms with Gasteiger partial charge >= 0.3 is 5.97 Å². The van der Waals surface area contributed by atoms with Gasteiger partial charge in [-0.15, -0.1) is 0 Å². The number of amides is 2. The molecule has 1 aliphatic rings. The third-order valence-electron chi connectivity index (χ3n) is 5.24. The van der Waals surface area contributed by atoms with Crippen molar-refractivity contribution in [2.45, 2.75) is 5.92 Å². The van der Waals surface area contributed by atoms with Crippen molar-refractivity contribution in [1.82, 2.24) is 5.32 Å². The van der Waals surface area contributed by atoms with Crippen LogP contribution in [0.2, 0.25) is 0 Å². The van der Waals surface area contributed by atoms with Crippen LogP contribution in [-0.2, 0) is 19.1 Å². The summed E-state index contributed by atoms with van der Waals surface area (Å²) in [5, 5.41) is 15.6. The van der Waals surface area contributed by atoms with Gasteiger partial charge in [0.2, 0.25) is 11.8 Å². The van der Waals surface area contributed by atoms with Crippen molar-refractivity contribution >= 4 is 51.2 Å². The molecule has 3 rings (SSSR count). The van der Waals surface area contributed by atoms with E-state index >= 15 is 0 Å². The summed E-state index contributed by atoms with van der Waals surface area (Å²) >= 11 is 4.40. The van der Waals surface area contributed by atoms with Crippen LogP contribution in [0.5, 0.6) is 11.5 Å². The number of nitriles is 1. The largest absolute Gasteiger partial charge is 0.497 e. The predicted octanol–water partition coefficient (Wildman–Crippen LogP) is 3.58. The number of benzene rings is 2. The Morgan fingerprint density at radius 3 is 2.43 bits per heavy atom. The van der Waals surface area contributed by atoms with E-state index in [0.29, 0.717) is 27.2 Å². The second kappa shape index (κ2) is 11.8. The molecule has 11 heteroatoms. The first-order valence-electron chi connectivity index (χ1n) is 10.3. The van der Waals surface area contributed by atoms with Crippen LogP contribution in [0.25, 0.3) is 0 Å². The molecule has 0 fully saturated rings. The van der Waals surface area contributed by atoms with Gasteiger partial charge in [-0.3, -0.25) is 14.4 Å². The Morgan fingerprint density at radius 1 is 1.14 bits per heavy atom. The highest BCUT2D eigenvalue weighted by atomic mass is 79.9. The van der Waals surface area contributed by atoms with Gasteiger partial charge < -0.3 is 24.8 Å². The molecular weight excluding hydrogens is 538 g/mol. The molecule has 0 spiro atoms. The first kappa shape index (κ1) is 26.1. The van der Waals surface area contributed by atoms with Gasteiger partial charge in [-0.05, 0) is 57.9 Å². The molecule has 9 nitrogen and oxygen atoms in total. The molecular formula is C24H22BrN3O6S. The van der Waals surface area contributed by atoms with E-state index in [1.807, 2.05) is 0 Å². The Labute approximate surface area is 214 Å². The number of hydrogen-bond donors (Lipinski definition) is 2. The van der Waals surface area contributed by atoms with E-state index in [9.17, 15) is 19.6 Å². The number of allylic oxidation sites excluding steroid dienone is 1. The number of rotatable bonds is 8. The van der Waals surface area contributed by atoms with Gasteiger partial charge in [-0.2, -0.15) is 5.26 Å². The molecule has 0 saturated carbocycles. The standard InChI is InChI=1S/C24H22BrN3O6S/c1-32-15-7-5-14(6-8-15)27-19(29)12-35-23-16(11-26)20(21(22(30)28-23)24(31)34-3)13-4-9-18(33-2)17(25)10-13/h4-10,20-21H,12H2,1-3H3,(H,27,29)(H,28,30)/t20-,21+/m0/s1. The maximum atomic E-state index is 12.9. The van der Waals surface area contributed by atoms with E-state index in [-0.39, 0.29) is 22.3 Å². The zero-order valence-electron chi connectivity index (χ0n) is 19.1. The summed E-state index contributed by atoms with van der Waals surface area (Å²) < 4.78 is 15.8. The first-order chi connectivity index (χ1) is 16.8. The van der Waals surface area contributed by atoms with Crippen molar-refractivity contribution in [3.8, 4) is 17.6 Å². The molecule has 2 amide bonds. The molecule has 0 bridgehead atoms. The molecule has 0 aromatic heterocycles. The maximum absolute atomic E-state index is 12.9. The Balaban J connectivity index is 1.89. The van der Waals surface area contributed by atoms with E-state index < -0.39 is 23.7 Å². The van der Waals surface area contributed by atoms with Crippen LogP contribution >= 0.6 is 27.7 Å². The summed E-state index contributed by atoms with van der Waals surface area (Å²) in [6.45, 7) is 0. The fraction of sp³-hybridized carbons (Fsp3) is 0.250. The van der Waals surface area contributed by atoms with Gasteiger partial charge in [0.05, 0.1) is 48.2 Å². The summed E-state index contributed by atoms with van der Waals surface area (Å²) in [4.78, 5) is 38.0. The highest BCUT2D eigenvalue weighted by Gasteiger charge is 2.44. The maximum Gasteiger partial charge on any atom is 0.319 e. The van der Waals surface area contributed by atoms with Gasteiger partial charge in [-0.25, -0.2) is 0 Å². The van der Waals surface area contributed by atoms with Crippen LogP contribution in [0.4, 0.5) is 5.69 Å². The van der Waals surface area contributed by atoms with Crippen LogP contribution in [0.3, 0.4) is 0 Å². The minimum Gasteiger partial charge on any atom is -0.497 e. The highest BCUT2D eigenvalue weighted by Crippen LogP contribution is 2.42.